The molecule has 0 spiro atoms. The van der Waals surface area contributed by atoms with Crippen LogP contribution in [-0.4, -0.2) is 28.0 Å². The number of hydrogen-bond donors (Lipinski definition) is 1. The van der Waals surface area contributed by atoms with Crippen molar-refractivity contribution < 1.29 is 24.0 Å². The van der Waals surface area contributed by atoms with Gasteiger partial charge in [0.1, 0.15) is 11.5 Å². The van der Waals surface area contributed by atoms with Crippen LogP contribution in [0, 0.1) is 10.1 Å². The molecule has 0 radical (unpaired) electrons. The van der Waals surface area contributed by atoms with Gasteiger partial charge in [-0.2, -0.15) is 0 Å². The number of nitro groups is 1. The van der Waals surface area contributed by atoms with E-state index in [0.29, 0.717) is 49.8 Å². The van der Waals surface area contributed by atoms with Gasteiger partial charge in [0.05, 0.1) is 38.9 Å². The highest BCUT2D eigenvalue weighted by molar-refractivity contribution is 7.07. The van der Waals surface area contributed by atoms with Crippen molar-refractivity contribution in [3.63, 3.8) is 0 Å². The summed E-state index contributed by atoms with van der Waals surface area (Å²) in [7, 11) is 0. The first-order valence-corrected chi connectivity index (χ1v) is 17.1. The molecule has 52 heavy (non-hydrogen) atoms. The smallest absolute Gasteiger partial charge is 0.343 e. The largest absolute Gasteiger partial charge is 0.494 e. The summed E-state index contributed by atoms with van der Waals surface area (Å²) in [5.74, 6) is -0.270. The molecule has 0 aliphatic carbocycles. The van der Waals surface area contributed by atoms with Crippen LogP contribution < -0.4 is 29.7 Å². The van der Waals surface area contributed by atoms with Crippen molar-refractivity contribution in [2.75, 3.05) is 11.9 Å². The number of fused-ring (bicyclic) bond motifs is 2. The molecule has 1 atom stereocenters. The van der Waals surface area contributed by atoms with Crippen LogP contribution in [0.25, 0.3) is 16.8 Å². The van der Waals surface area contributed by atoms with Crippen molar-refractivity contribution >= 4 is 51.4 Å². The van der Waals surface area contributed by atoms with Crippen molar-refractivity contribution in [3.8, 4) is 11.5 Å². The normalized spacial score (nSPS) is 14.0. The van der Waals surface area contributed by atoms with Crippen LogP contribution in [-0.2, 0) is 4.79 Å². The standard InChI is InChI=1S/C40H30N4O7S/c1-3-50-30-20-15-26(16-21-30)36-35(37(45)42-28-10-5-4-6-11-28)24(2)41-40-43(36)38(46)34(52-40)23-32-31-12-8-7-9-25(31)17-22-33(32)51-39(47)27-13-18-29(19-14-27)44(48)49/h4-23,36H,3H2,1-2H3,(H,42,45)/b34-23-/t36-/m0/s1. The quantitative estimate of drug-likeness (QED) is 0.0776. The minimum atomic E-state index is -0.815. The number of nitrogens with one attached hydrogen (secondary N) is 1. The van der Waals surface area contributed by atoms with E-state index in [1.165, 1.54) is 28.8 Å². The van der Waals surface area contributed by atoms with Crippen molar-refractivity contribution in [1.82, 2.24) is 4.57 Å². The molecule has 0 fully saturated rings. The second-order valence-corrected chi connectivity index (χ2v) is 12.8. The SMILES string of the molecule is CCOc1ccc([C@H]2C(C(=O)Nc3ccccc3)=C(C)N=c3s/c(=C\c4c(OC(=O)c5ccc([N+](=O)[O-])cc5)ccc5ccccc45)c(=O)n32)cc1. The van der Waals surface area contributed by atoms with Gasteiger partial charge >= 0.3 is 5.97 Å². The fourth-order valence-electron chi connectivity index (χ4n) is 6.08. The van der Waals surface area contributed by atoms with E-state index >= 15 is 0 Å². The molecule has 5 aromatic carbocycles. The van der Waals surface area contributed by atoms with Gasteiger partial charge in [-0.1, -0.05) is 72.0 Å². The Bertz CT molecular complexity index is 2580. The van der Waals surface area contributed by atoms with Crippen LogP contribution in [0.2, 0.25) is 0 Å². The maximum atomic E-state index is 14.5. The zero-order valence-corrected chi connectivity index (χ0v) is 28.8. The number of thiazole rings is 1. The number of carbonyl (C=O) groups is 2. The van der Waals surface area contributed by atoms with Gasteiger partial charge in [-0.15, -0.1) is 0 Å². The predicted octanol–water partition coefficient (Wildman–Crippen LogP) is 6.55. The minimum absolute atomic E-state index is 0.122. The molecule has 1 amide bonds. The summed E-state index contributed by atoms with van der Waals surface area (Å²) < 4.78 is 13.3. The van der Waals surface area contributed by atoms with Gasteiger partial charge in [0, 0.05) is 23.4 Å². The first-order chi connectivity index (χ1) is 25.2. The number of rotatable bonds is 9. The first-order valence-electron chi connectivity index (χ1n) is 16.3. The number of amides is 1. The number of aromatic nitrogens is 1. The molecule has 11 nitrogen and oxygen atoms in total. The Hall–Kier alpha value is -6.66. The van der Waals surface area contributed by atoms with Crippen molar-refractivity contribution in [2.24, 2.45) is 4.99 Å². The fraction of sp³-hybridized carbons (Fsp3) is 0.100. The van der Waals surface area contributed by atoms with E-state index in [9.17, 15) is 24.5 Å². The molecule has 1 aromatic heterocycles. The summed E-state index contributed by atoms with van der Waals surface area (Å²) >= 11 is 1.16. The first kappa shape index (κ1) is 33.8. The number of carbonyl (C=O) groups excluding carboxylic acids is 2. The average molecular weight is 711 g/mol. The van der Waals surface area contributed by atoms with Gasteiger partial charge in [0.15, 0.2) is 4.80 Å². The predicted molar refractivity (Wildman–Crippen MR) is 198 cm³/mol. The highest BCUT2D eigenvalue weighted by Crippen LogP contribution is 2.33. The van der Waals surface area contributed by atoms with Crippen LogP contribution in [0.1, 0.15) is 41.4 Å². The Morgan fingerprint density at radius 3 is 2.37 bits per heavy atom. The highest BCUT2D eigenvalue weighted by Gasteiger charge is 2.32. The molecule has 2 heterocycles. The van der Waals surface area contributed by atoms with Crippen LogP contribution in [0.5, 0.6) is 11.5 Å². The Morgan fingerprint density at radius 1 is 0.942 bits per heavy atom. The van der Waals surface area contributed by atoms with Gasteiger partial charge in [-0.3, -0.25) is 24.3 Å². The summed E-state index contributed by atoms with van der Waals surface area (Å²) in [5.41, 5.74) is 2.12. The Balaban J connectivity index is 1.36. The molecule has 0 saturated heterocycles. The number of esters is 1. The third kappa shape index (κ3) is 6.62. The highest BCUT2D eigenvalue weighted by atomic mass is 32.1. The monoisotopic (exact) mass is 710 g/mol. The van der Waals surface area contributed by atoms with E-state index < -0.39 is 22.8 Å². The number of para-hydroxylation sites is 1. The van der Waals surface area contributed by atoms with Crippen LogP contribution in [0.4, 0.5) is 11.4 Å². The minimum Gasteiger partial charge on any atom is -0.494 e. The molecule has 0 bridgehead atoms. The van der Waals surface area contributed by atoms with Gasteiger partial charge in [0.25, 0.3) is 17.2 Å². The Labute approximate surface area is 300 Å². The van der Waals surface area contributed by atoms with Crippen LogP contribution in [0.15, 0.2) is 136 Å². The lowest BCUT2D eigenvalue weighted by Gasteiger charge is -2.25. The van der Waals surface area contributed by atoms with Gasteiger partial charge in [0.2, 0.25) is 0 Å². The Morgan fingerprint density at radius 2 is 1.65 bits per heavy atom. The molecular formula is C40H30N4O7S. The molecule has 1 aliphatic rings. The van der Waals surface area contributed by atoms with E-state index in [1.54, 1.807) is 49.4 Å². The third-order valence-electron chi connectivity index (χ3n) is 8.53. The topological polar surface area (TPSA) is 142 Å². The van der Waals surface area contributed by atoms with E-state index in [2.05, 4.69) is 5.32 Å². The lowest BCUT2D eigenvalue weighted by Crippen LogP contribution is -2.40. The maximum absolute atomic E-state index is 14.5. The average Bonchev–Trinajstić information content (AvgIpc) is 3.46. The van der Waals surface area contributed by atoms with E-state index in [1.807, 2.05) is 61.5 Å². The number of nitrogens with zero attached hydrogens (tertiary/aromatic N) is 3. The Kier molecular flexibility index (Phi) is 9.29. The number of hydrogen-bond acceptors (Lipinski definition) is 9. The molecule has 1 aliphatic heterocycles. The summed E-state index contributed by atoms with van der Waals surface area (Å²) in [6.07, 6.45) is 1.67. The number of non-ortho nitro benzene ring substituents is 1. The summed E-state index contributed by atoms with van der Waals surface area (Å²) in [5, 5.41) is 15.7. The van der Waals surface area contributed by atoms with E-state index in [4.69, 9.17) is 14.5 Å². The van der Waals surface area contributed by atoms with E-state index in [-0.39, 0.29) is 22.6 Å². The second-order valence-electron chi connectivity index (χ2n) is 11.8. The molecule has 1 N–H and O–H groups in total. The number of nitro benzene ring substituents is 1. The van der Waals surface area contributed by atoms with Gasteiger partial charge in [-0.25, -0.2) is 9.79 Å². The van der Waals surface area contributed by atoms with Gasteiger partial charge in [-0.05, 0) is 78.7 Å². The van der Waals surface area contributed by atoms with Gasteiger partial charge < -0.3 is 14.8 Å². The summed E-state index contributed by atoms with van der Waals surface area (Å²) in [4.78, 5) is 57.5. The molecule has 0 unspecified atom stereocenters. The molecular weight excluding hydrogens is 681 g/mol. The lowest BCUT2D eigenvalue weighted by molar-refractivity contribution is -0.384. The van der Waals surface area contributed by atoms with Crippen LogP contribution >= 0.6 is 11.3 Å². The van der Waals surface area contributed by atoms with E-state index in [0.717, 1.165) is 22.1 Å². The molecule has 258 valence electrons. The molecule has 12 heteroatoms. The maximum Gasteiger partial charge on any atom is 0.343 e. The van der Waals surface area contributed by atoms with Crippen molar-refractivity contribution in [1.29, 1.82) is 0 Å². The molecule has 0 saturated carbocycles. The fourth-order valence-corrected chi connectivity index (χ4v) is 7.11. The number of ether oxygens (including phenoxy) is 2. The summed E-state index contributed by atoms with van der Waals surface area (Å²) in [6.45, 7) is 4.12. The van der Waals surface area contributed by atoms with Crippen molar-refractivity contribution in [3.05, 3.63) is 173 Å². The number of benzene rings is 5. The third-order valence-corrected chi connectivity index (χ3v) is 9.51. The summed E-state index contributed by atoms with van der Waals surface area (Å²) in [6, 6.07) is 31.6. The second kappa shape index (κ2) is 14.3. The molecule has 6 aromatic rings. The van der Waals surface area contributed by atoms with Crippen molar-refractivity contribution in [2.45, 2.75) is 19.9 Å². The number of anilines is 1. The molecule has 7 rings (SSSR count). The van der Waals surface area contributed by atoms with Crippen LogP contribution in [0.3, 0.4) is 0 Å². The lowest BCUT2D eigenvalue weighted by atomic mass is 9.95. The zero-order chi connectivity index (χ0) is 36.4. The zero-order valence-electron chi connectivity index (χ0n) is 27.9. The number of allylic oxidation sites excluding steroid dienone is 1.